The first-order valence-corrected chi connectivity index (χ1v) is 9.36. The summed E-state index contributed by atoms with van der Waals surface area (Å²) < 4.78 is 11.3. The number of carbonyl (C=O) groups excluding carboxylic acids is 1. The lowest BCUT2D eigenvalue weighted by Crippen LogP contribution is -2.37. The number of nitrogens with one attached hydrogen (secondary N) is 3. The molecule has 6 nitrogen and oxygen atoms in total. The van der Waals surface area contributed by atoms with Gasteiger partial charge >= 0.3 is 6.03 Å². The Morgan fingerprint density at radius 2 is 1.63 bits per heavy atom. The Hall–Kier alpha value is -2.89. The van der Waals surface area contributed by atoms with E-state index in [0.717, 1.165) is 25.1 Å². The maximum atomic E-state index is 12.1. The van der Waals surface area contributed by atoms with Crippen LogP contribution in [0.5, 0.6) is 17.2 Å². The van der Waals surface area contributed by atoms with Crippen LogP contribution in [-0.4, -0.2) is 25.7 Å². The minimum atomic E-state index is -0.224. The van der Waals surface area contributed by atoms with Crippen molar-refractivity contribution in [3.8, 4) is 17.2 Å². The van der Waals surface area contributed by atoms with Gasteiger partial charge in [0.05, 0.1) is 7.11 Å². The molecule has 2 aromatic rings. The molecule has 0 saturated heterocycles. The van der Waals surface area contributed by atoms with E-state index in [1.807, 2.05) is 24.3 Å². The number of hydrogen-bond acceptors (Lipinski definition) is 4. The smallest absolute Gasteiger partial charge is 0.319 e. The fraction of sp³-hybridized carbons (Fsp3) is 0.381. The Morgan fingerprint density at radius 3 is 2.22 bits per heavy atom. The Kier molecular flexibility index (Phi) is 7.79. The maximum absolute atomic E-state index is 12.1. The van der Waals surface area contributed by atoms with Crippen molar-refractivity contribution in [1.29, 1.82) is 0 Å². The van der Waals surface area contributed by atoms with Crippen LogP contribution in [0.3, 0.4) is 0 Å². The number of amides is 2. The third-order valence-electron chi connectivity index (χ3n) is 4.21. The predicted molar refractivity (Wildman–Crippen MR) is 110 cm³/mol. The highest BCUT2D eigenvalue weighted by Crippen LogP contribution is 2.34. The van der Waals surface area contributed by atoms with Gasteiger partial charge in [-0.25, -0.2) is 4.79 Å². The van der Waals surface area contributed by atoms with Gasteiger partial charge in [-0.1, -0.05) is 13.8 Å². The van der Waals surface area contributed by atoms with Gasteiger partial charge < -0.3 is 25.4 Å². The van der Waals surface area contributed by atoms with Gasteiger partial charge in [-0.15, -0.1) is 0 Å². The summed E-state index contributed by atoms with van der Waals surface area (Å²) in [5.41, 5.74) is 1.69. The highest BCUT2D eigenvalue weighted by molar-refractivity contribution is 5.89. The van der Waals surface area contributed by atoms with Crippen molar-refractivity contribution in [1.82, 2.24) is 5.32 Å². The molecule has 0 spiro atoms. The molecule has 27 heavy (non-hydrogen) atoms. The number of urea groups is 1. The van der Waals surface area contributed by atoms with Crippen molar-refractivity contribution in [3.05, 3.63) is 42.5 Å². The average molecular weight is 371 g/mol. The topological polar surface area (TPSA) is 71.6 Å². The number of benzene rings is 2. The molecule has 0 unspecified atom stereocenters. The van der Waals surface area contributed by atoms with Gasteiger partial charge in [-0.2, -0.15) is 0 Å². The number of rotatable bonds is 9. The zero-order chi connectivity index (χ0) is 19.6. The summed E-state index contributed by atoms with van der Waals surface area (Å²) in [4.78, 5) is 12.1. The summed E-state index contributed by atoms with van der Waals surface area (Å²) in [6.45, 7) is 7.02. The Morgan fingerprint density at radius 1 is 0.963 bits per heavy atom. The number of methoxy groups -OCH3 is 1. The molecule has 0 radical (unpaired) electrons. The molecule has 2 aromatic carbocycles. The van der Waals surface area contributed by atoms with Crippen LogP contribution in [-0.2, 0) is 0 Å². The van der Waals surface area contributed by atoms with Crippen LogP contribution in [0.4, 0.5) is 16.2 Å². The molecule has 3 N–H and O–H groups in total. The Bertz CT molecular complexity index is 728. The highest BCUT2D eigenvalue weighted by Gasteiger charge is 2.11. The molecule has 0 bridgehead atoms. The van der Waals surface area contributed by atoms with Gasteiger partial charge in [-0.05, 0) is 56.2 Å². The first-order valence-electron chi connectivity index (χ1n) is 9.36. The molecule has 146 valence electrons. The molecule has 0 saturated carbocycles. The standard InChI is InChI=1S/C21H29N3O3/c1-5-15(6-2)23-21(25)24-17-10-13-19(20(14-17)26-4)27-18-11-8-16(9-12-18)22-7-3/h8-15,22H,5-7H2,1-4H3,(H2,23,24,25). The molecule has 0 heterocycles. The minimum absolute atomic E-state index is 0.166. The van der Waals surface area contributed by atoms with Gasteiger partial charge in [0.25, 0.3) is 0 Å². The quantitative estimate of drug-likeness (QED) is 0.564. The Labute approximate surface area is 161 Å². The lowest BCUT2D eigenvalue weighted by molar-refractivity contribution is 0.247. The lowest BCUT2D eigenvalue weighted by Gasteiger charge is -2.16. The van der Waals surface area contributed by atoms with Crippen LogP contribution in [0.15, 0.2) is 42.5 Å². The zero-order valence-electron chi connectivity index (χ0n) is 16.5. The number of carbonyl (C=O) groups is 1. The van der Waals surface area contributed by atoms with Gasteiger partial charge in [0.1, 0.15) is 5.75 Å². The second kappa shape index (κ2) is 10.3. The molecule has 2 amide bonds. The van der Waals surface area contributed by atoms with Crippen LogP contribution in [0.1, 0.15) is 33.6 Å². The van der Waals surface area contributed by atoms with Crippen LogP contribution < -0.4 is 25.4 Å². The zero-order valence-corrected chi connectivity index (χ0v) is 16.5. The van der Waals surface area contributed by atoms with Crippen molar-refractivity contribution in [2.75, 3.05) is 24.3 Å². The van der Waals surface area contributed by atoms with Gasteiger partial charge in [0.2, 0.25) is 0 Å². The summed E-state index contributed by atoms with van der Waals surface area (Å²) in [6, 6.07) is 13.0. The van der Waals surface area contributed by atoms with E-state index in [-0.39, 0.29) is 12.1 Å². The molecule has 0 aliphatic carbocycles. The molecular weight excluding hydrogens is 342 g/mol. The SMILES string of the molecule is CCNc1ccc(Oc2ccc(NC(=O)NC(CC)CC)cc2OC)cc1. The number of ether oxygens (including phenoxy) is 2. The summed E-state index contributed by atoms with van der Waals surface area (Å²) in [7, 11) is 1.57. The van der Waals surface area contributed by atoms with Crippen LogP contribution in [0.25, 0.3) is 0 Å². The third kappa shape index (κ3) is 6.09. The van der Waals surface area contributed by atoms with Crippen molar-refractivity contribution in [2.45, 2.75) is 39.7 Å². The van der Waals surface area contributed by atoms with E-state index in [9.17, 15) is 4.79 Å². The molecular formula is C21H29N3O3. The molecule has 0 aliphatic rings. The van der Waals surface area contributed by atoms with E-state index >= 15 is 0 Å². The fourth-order valence-corrected chi connectivity index (χ4v) is 2.65. The monoisotopic (exact) mass is 371 g/mol. The van der Waals surface area contributed by atoms with E-state index < -0.39 is 0 Å². The van der Waals surface area contributed by atoms with E-state index in [2.05, 4.69) is 36.7 Å². The first-order chi connectivity index (χ1) is 13.1. The summed E-state index contributed by atoms with van der Waals surface area (Å²) in [6.07, 6.45) is 1.79. The number of anilines is 2. The number of hydrogen-bond donors (Lipinski definition) is 3. The van der Waals surface area contributed by atoms with E-state index in [1.165, 1.54) is 0 Å². The molecule has 0 atom stereocenters. The molecule has 2 rings (SSSR count). The maximum Gasteiger partial charge on any atom is 0.319 e. The van der Waals surface area contributed by atoms with Gasteiger partial charge in [0.15, 0.2) is 11.5 Å². The van der Waals surface area contributed by atoms with E-state index in [4.69, 9.17) is 9.47 Å². The first kappa shape index (κ1) is 20.4. The van der Waals surface area contributed by atoms with Crippen molar-refractivity contribution < 1.29 is 14.3 Å². The van der Waals surface area contributed by atoms with E-state index in [1.54, 1.807) is 25.3 Å². The normalized spacial score (nSPS) is 10.4. The highest BCUT2D eigenvalue weighted by atomic mass is 16.5. The molecule has 0 aromatic heterocycles. The summed E-state index contributed by atoms with van der Waals surface area (Å²) in [5.74, 6) is 1.84. The second-order valence-electron chi connectivity index (χ2n) is 6.13. The van der Waals surface area contributed by atoms with Crippen molar-refractivity contribution >= 4 is 17.4 Å². The van der Waals surface area contributed by atoms with Crippen LogP contribution in [0, 0.1) is 0 Å². The molecule has 6 heteroatoms. The third-order valence-corrected chi connectivity index (χ3v) is 4.21. The van der Waals surface area contributed by atoms with Crippen molar-refractivity contribution in [3.63, 3.8) is 0 Å². The van der Waals surface area contributed by atoms with Crippen LogP contribution >= 0.6 is 0 Å². The lowest BCUT2D eigenvalue weighted by atomic mass is 10.2. The predicted octanol–water partition coefficient (Wildman–Crippen LogP) is 5.23. The summed E-state index contributed by atoms with van der Waals surface area (Å²) in [5, 5.41) is 9.02. The fourth-order valence-electron chi connectivity index (χ4n) is 2.65. The van der Waals surface area contributed by atoms with Crippen molar-refractivity contribution in [2.24, 2.45) is 0 Å². The van der Waals surface area contributed by atoms with Crippen LogP contribution in [0.2, 0.25) is 0 Å². The Balaban J connectivity index is 2.05. The minimum Gasteiger partial charge on any atom is -0.493 e. The largest absolute Gasteiger partial charge is 0.493 e. The second-order valence-corrected chi connectivity index (χ2v) is 6.13. The van der Waals surface area contributed by atoms with Gasteiger partial charge in [-0.3, -0.25) is 0 Å². The van der Waals surface area contributed by atoms with E-state index in [0.29, 0.717) is 22.9 Å². The average Bonchev–Trinajstić information content (AvgIpc) is 2.69. The summed E-state index contributed by atoms with van der Waals surface area (Å²) >= 11 is 0. The van der Waals surface area contributed by atoms with Gasteiger partial charge in [0, 0.05) is 30.0 Å². The molecule has 0 fully saturated rings. The molecule has 0 aliphatic heterocycles.